The van der Waals surface area contributed by atoms with Crippen LogP contribution in [0.1, 0.15) is 22.4 Å². The Morgan fingerprint density at radius 1 is 1.24 bits per heavy atom. The van der Waals surface area contributed by atoms with Crippen molar-refractivity contribution in [3.8, 4) is 0 Å². The van der Waals surface area contributed by atoms with Crippen LogP contribution in [0.2, 0.25) is 0 Å². The summed E-state index contributed by atoms with van der Waals surface area (Å²) in [5.74, 6) is 0.931. The molecule has 1 aliphatic heterocycles. The maximum Gasteiger partial charge on any atom is 0.224 e. The molecule has 0 radical (unpaired) electrons. The molecule has 0 unspecified atom stereocenters. The molecule has 1 aromatic carbocycles. The minimum Gasteiger partial charge on any atom is -0.361 e. The van der Waals surface area contributed by atoms with Gasteiger partial charge in [0.05, 0.1) is 0 Å². The number of amides is 1. The van der Waals surface area contributed by atoms with Crippen LogP contribution in [-0.4, -0.2) is 48.4 Å². The van der Waals surface area contributed by atoms with Gasteiger partial charge in [-0.1, -0.05) is 18.2 Å². The molecule has 3 heterocycles. The van der Waals surface area contributed by atoms with Crippen molar-refractivity contribution in [3.63, 3.8) is 0 Å². The highest BCUT2D eigenvalue weighted by Crippen LogP contribution is 2.24. The van der Waals surface area contributed by atoms with Crippen LogP contribution in [0.15, 0.2) is 46.9 Å². The van der Waals surface area contributed by atoms with E-state index in [1.54, 1.807) is 18.4 Å². The highest BCUT2D eigenvalue weighted by Gasteiger charge is 2.21. The topological polar surface area (TPSA) is 72.5 Å². The molecule has 0 saturated carbocycles. The highest BCUT2D eigenvalue weighted by molar-refractivity contribution is 7.10. The predicted octanol–water partition coefficient (Wildman–Crippen LogP) is 2.91. The van der Waals surface area contributed by atoms with Gasteiger partial charge in [0.15, 0.2) is 5.96 Å². The lowest BCUT2D eigenvalue weighted by Crippen LogP contribution is -2.41. The molecule has 152 valence electrons. The smallest absolute Gasteiger partial charge is 0.224 e. The summed E-state index contributed by atoms with van der Waals surface area (Å²) in [6.45, 7) is 2.93. The number of rotatable bonds is 6. The Hall–Kier alpha value is -2.80. The number of thiophene rings is 1. The Bertz CT molecular complexity index is 1010. The number of hydrogen-bond acceptors (Lipinski definition) is 3. The van der Waals surface area contributed by atoms with Gasteiger partial charge >= 0.3 is 0 Å². The maximum atomic E-state index is 12.5. The SMILES string of the molecule is CN=C(NCCC(=O)N1CCc2sccc2C1)NCCc1c[nH]c2ccccc12. The van der Waals surface area contributed by atoms with Gasteiger partial charge in [-0.25, -0.2) is 0 Å². The average Bonchev–Trinajstić information content (AvgIpc) is 3.39. The Morgan fingerprint density at radius 3 is 3.00 bits per heavy atom. The van der Waals surface area contributed by atoms with Gasteiger partial charge < -0.3 is 20.5 Å². The van der Waals surface area contributed by atoms with Crippen molar-refractivity contribution in [2.24, 2.45) is 4.99 Å². The van der Waals surface area contributed by atoms with Crippen molar-refractivity contribution < 1.29 is 4.79 Å². The van der Waals surface area contributed by atoms with E-state index in [-0.39, 0.29) is 5.91 Å². The van der Waals surface area contributed by atoms with Crippen LogP contribution in [0.4, 0.5) is 0 Å². The van der Waals surface area contributed by atoms with E-state index in [0.29, 0.717) is 13.0 Å². The molecule has 0 bridgehead atoms. The molecular weight excluding hydrogens is 382 g/mol. The molecule has 7 heteroatoms. The Labute approximate surface area is 175 Å². The fourth-order valence-corrected chi connectivity index (χ4v) is 4.67. The number of nitrogens with one attached hydrogen (secondary N) is 3. The van der Waals surface area contributed by atoms with Crippen molar-refractivity contribution in [3.05, 3.63) is 57.9 Å². The lowest BCUT2D eigenvalue weighted by Gasteiger charge is -2.27. The summed E-state index contributed by atoms with van der Waals surface area (Å²) in [7, 11) is 1.76. The third kappa shape index (κ3) is 4.62. The van der Waals surface area contributed by atoms with Gasteiger partial charge in [-0.3, -0.25) is 9.79 Å². The number of carbonyl (C=O) groups excluding carboxylic acids is 1. The Morgan fingerprint density at radius 2 is 2.10 bits per heavy atom. The molecule has 6 nitrogen and oxygen atoms in total. The summed E-state index contributed by atoms with van der Waals surface area (Å²) in [6, 6.07) is 10.5. The van der Waals surface area contributed by atoms with Crippen LogP contribution in [0, 0.1) is 0 Å². The summed E-state index contributed by atoms with van der Waals surface area (Å²) in [6.07, 6.45) is 4.42. The molecule has 1 amide bonds. The first-order chi connectivity index (χ1) is 14.2. The highest BCUT2D eigenvalue weighted by atomic mass is 32.1. The molecule has 0 spiro atoms. The van der Waals surface area contributed by atoms with Crippen LogP contribution < -0.4 is 10.6 Å². The zero-order valence-electron chi connectivity index (χ0n) is 16.7. The van der Waals surface area contributed by atoms with E-state index in [4.69, 9.17) is 0 Å². The molecule has 0 atom stereocenters. The third-order valence-electron chi connectivity index (χ3n) is 5.38. The number of carbonyl (C=O) groups is 1. The van der Waals surface area contributed by atoms with E-state index in [9.17, 15) is 4.79 Å². The van der Waals surface area contributed by atoms with Crippen molar-refractivity contribution in [2.45, 2.75) is 25.8 Å². The zero-order valence-corrected chi connectivity index (χ0v) is 17.5. The predicted molar refractivity (Wildman–Crippen MR) is 119 cm³/mol. The summed E-state index contributed by atoms with van der Waals surface area (Å²) >= 11 is 1.79. The summed E-state index contributed by atoms with van der Waals surface area (Å²) < 4.78 is 0. The summed E-state index contributed by atoms with van der Waals surface area (Å²) in [5, 5.41) is 9.97. The van der Waals surface area contributed by atoms with Gasteiger partial charge in [-0.2, -0.15) is 0 Å². The number of aromatic nitrogens is 1. The Kier molecular flexibility index (Phi) is 6.14. The van der Waals surface area contributed by atoms with E-state index in [1.165, 1.54) is 21.4 Å². The van der Waals surface area contributed by atoms with Crippen molar-refractivity contribution >= 4 is 34.1 Å². The van der Waals surface area contributed by atoms with Crippen molar-refractivity contribution in [1.29, 1.82) is 0 Å². The summed E-state index contributed by atoms with van der Waals surface area (Å²) in [5.41, 5.74) is 3.75. The second-order valence-corrected chi connectivity index (χ2v) is 8.22. The fourth-order valence-electron chi connectivity index (χ4n) is 3.78. The lowest BCUT2D eigenvalue weighted by atomic mass is 10.1. The monoisotopic (exact) mass is 409 g/mol. The van der Waals surface area contributed by atoms with Crippen molar-refractivity contribution in [1.82, 2.24) is 20.5 Å². The van der Waals surface area contributed by atoms with E-state index >= 15 is 0 Å². The van der Waals surface area contributed by atoms with Crippen LogP contribution in [0.25, 0.3) is 10.9 Å². The number of benzene rings is 1. The van der Waals surface area contributed by atoms with E-state index in [2.05, 4.69) is 56.5 Å². The third-order valence-corrected chi connectivity index (χ3v) is 6.40. The van der Waals surface area contributed by atoms with Crippen LogP contribution >= 0.6 is 11.3 Å². The summed E-state index contributed by atoms with van der Waals surface area (Å²) in [4.78, 5) is 23.5. The molecular formula is C22H27N5OS. The molecule has 0 fully saturated rings. The number of para-hydroxylation sites is 1. The lowest BCUT2D eigenvalue weighted by molar-refractivity contribution is -0.131. The molecule has 0 aliphatic carbocycles. The van der Waals surface area contributed by atoms with Gasteiger partial charge in [0.25, 0.3) is 0 Å². The van der Waals surface area contributed by atoms with E-state index in [0.717, 1.165) is 44.0 Å². The molecule has 4 rings (SSSR count). The Balaban J connectivity index is 1.19. The minimum atomic E-state index is 0.198. The van der Waals surface area contributed by atoms with Gasteiger partial charge in [0, 0.05) is 61.6 Å². The number of nitrogens with zero attached hydrogens (tertiary/aromatic N) is 2. The first-order valence-corrected chi connectivity index (χ1v) is 10.9. The molecule has 2 aromatic heterocycles. The quantitative estimate of drug-likeness (QED) is 0.433. The number of hydrogen-bond donors (Lipinski definition) is 3. The second kappa shape index (κ2) is 9.13. The average molecular weight is 410 g/mol. The van der Waals surface area contributed by atoms with Crippen LogP contribution in [0.3, 0.4) is 0 Å². The van der Waals surface area contributed by atoms with E-state index in [1.807, 2.05) is 11.0 Å². The standard InChI is InChI=1S/C22H27N5OS/c1-23-22(24-10-6-16-14-26-19-5-3-2-4-18(16)19)25-11-7-21(28)27-12-8-20-17(15-27)9-13-29-20/h2-5,9,13-14,26H,6-8,10-12,15H2,1H3,(H2,23,24,25). The molecule has 29 heavy (non-hydrogen) atoms. The normalized spacial score (nSPS) is 14.1. The maximum absolute atomic E-state index is 12.5. The molecule has 3 aromatic rings. The molecule has 1 aliphatic rings. The largest absolute Gasteiger partial charge is 0.361 e. The van der Waals surface area contributed by atoms with E-state index < -0.39 is 0 Å². The van der Waals surface area contributed by atoms with Gasteiger partial charge in [-0.05, 0) is 41.5 Å². The van der Waals surface area contributed by atoms with Crippen molar-refractivity contribution in [2.75, 3.05) is 26.7 Å². The van der Waals surface area contributed by atoms with Gasteiger partial charge in [-0.15, -0.1) is 11.3 Å². The number of guanidine groups is 1. The molecule has 3 N–H and O–H groups in total. The van der Waals surface area contributed by atoms with Gasteiger partial charge in [0.1, 0.15) is 0 Å². The number of aliphatic imine (C=N–C) groups is 1. The first-order valence-electron chi connectivity index (χ1n) is 10.1. The molecule has 0 saturated heterocycles. The minimum absolute atomic E-state index is 0.198. The number of fused-ring (bicyclic) bond motifs is 2. The van der Waals surface area contributed by atoms with Gasteiger partial charge in [0.2, 0.25) is 5.91 Å². The number of H-pyrrole nitrogens is 1. The number of aromatic amines is 1. The van der Waals surface area contributed by atoms with Crippen LogP contribution in [-0.2, 0) is 24.2 Å². The fraction of sp³-hybridized carbons (Fsp3) is 0.364. The second-order valence-electron chi connectivity index (χ2n) is 7.22. The van der Waals surface area contributed by atoms with Crippen LogP contribution in [0.5, 0.6) is 0 Å². The zero-order chi connectivity index (χ0) is 20.1. The first kappa shape index (κ1) is 19.5.